The van der Waals surface area contributed by atoms with Gasteiger partial charge in [0.2, 0.25) is 0 Å². The largest absolute Gasteiger partial charge is 0.384 e. The summed E-state index contributed by atoms with van der Waals surface area (Å²) in [6.07, 6.45) is 2.00. The van der Waals surface area contributed by atoms with E-state index in [9.17, 15) is 0 Å². The quantitative estimate of drug-likeness (QED) is 0.721. The maximum Gasteiger partial charge on any atom is 0.115 e. The molecule has 1 aromatic carbocycles. The summed E-state index contributed by atoms with van der Waals surface area (Å²) in [4.78, 5) is 0. The Kier molecular flexibility index (Phi) is 2.79. The first-order valence-electron chi connectivity index (χ1n) is 6.62. The van der Waals surface area contributed by atoms with E-state index in [2.05, 4.69) is 50.2 Å². The number of nitrogen functional groups attached to an aromatic ring is 1. The summed E-state index contributed by atoms with van der Waals surface area (Å²) >= 11 is 0. The SMILES string of the molecule is CC(C)c1ccc(-c2cc3ccccn3c2N)cc1. The molecule has 0 unspecified atom stereocenters. The first kappa shape index (κ1) is 11.8. The summed E-state index contributed by atoms with van der Waals surface area (Å²) in [5.74, 6) is 1.35. The summed E-state index contributed by atoms with van der Waals surface area (Å²) in [5, 5.41) is 0. The maximum atomic E-state index is 6.23. The third-order valence-corrected chi connectivity index (χ3v) is 3.61. The molecule has 0 aliphatic carbocycles. The molecule has 3 rings (SSSR count). The zero-order chi connectivity index (χ0) is 13.4. The Hall–Kier alpha value is -2.22. The molecule has 19 heavy (non-hydrogen) atoms. The summed E-state index contributed by atoms with van der Waals surface area (Å²) in [6.45, 7) is 4.41. The minimum atomic E-state index is 0.555. The van der Waals surface area contributed by atoms with E-state index in [1.807, 2.05) is 22.7 Å². The van der Waals surface area contributed by atoms with Crippen molar-refractivity contribution in [2.45, 2.75) is 19.8 Å². The molecule has 96 valence electrons. The van der Waals surface area contributed by atoms with Gasteiger partial charge in [-0.05, 0) is 35.2 Å². The molecule has 0 spiro atoms. The van der Waals surface area contributed by atoms with Crippen LogP contribution in [0.3, 0.4) is 0 Å². The van der Waals surface area contributed by atoms with Crippen LogP contribution in [-0.4, -0.2) is 4.40 Å². The van der Waals surface area contributed by atoms with Crippen LogP contribution in [0.5, 0.6) is 0 Å². The van der Waals surface area contributed by atoms with Gasteiger partial charge in [-0.15, -0.1) is 0 Å². The lowest BCUT2D eigenvalue weighted by molar-refractivity contribution is 0.867. The highest BCUT2D eigenvalue weighted by atomic mass is 15.0. The fraction of sp³-hybridized carbons (Fsp3) is 0.176. The highest BCUT2D eigenvalue weighted by Crippen LogP contribution is 2.30. The van der Waals surface area contributed by atoms with Crippen LogP contribution < -0.4 is 5.73 Å². The lowest BCUT2D eigenvalue weighted by Gasteiger charge is -2.06. The van der Waals surface area contributed by atoms with Gasteiger partial charge in [0.1, 0.15) is 5.82 Å². The van der Waals surface area contributed by atoms with Crippen LogP contribution in [-0.2, 0) is 0 Å². The van der Waals surface area contributed by atoms with Crippen LogP contribution in [0.1, 0.15) is 25.3 Å². The third kappa shape index (κ3) is 1.99. The lowest BCUT2D eigenvalue weighted by Crippen LogP contribution is -1.93. The van der Waals surface area contributed by atoms with Crippen LogP contribution in [0, 0.1) is 0 Å². The van der Waals surface area contributed by atoms with Gasteiger partial charge in [0.05, 0.1) is 0 Å². The fourth-order valence-corrected chi connectivity index (χ4v) is 2.42. The van der Waals surface area contributed by atoms with Crippen LogP contribution in [0.25, 0.3) is 16.6 Å². The van der Waals surface area contributed by atoms with E-state index in [-0.39, 0.29) is 0 Å². The minimum Gasteiger partial charge on any atom is -0.384 e. The first-order valence-corrected chi connectivity index (χ1v) is 6.62. The molecule has 2 aromatic heterocycles. The number of nitrogens with zero attached hydrogens (tertiary/aromatic N) is 1. The Morgan fingerprint density at radius 3 is 2.37 bits per heavy atom. The van der Waals surface area contributed by atoms with Gasteiger partial charge in [0.25, 0.3) is 0 Å². The van der Waals surface area contributed by atoms with Crippen molar-refractivity contribution >= 4 is 11.3 Å². The maximum absolute atomic E-state index is 6.23. The van der Waals surface area contributed by atoms with Gasteiger partial charge in [-0.25, -0.2) is 0 Å². The predicted molar refractivity (Wildman–Crippen MR) is 81.3 cm³/mol. The highest BCUT2D eigenvalue weighted by Gasteiger charge is 2.09. The van der Waals surface area contributed by atoms with Crippen molar-refractivity contribution in [1.82, 2.24) is 4.40 Å². The first-order chi connectivity index (χ1) is 9.16. The predicted octanol–water partition coefficient (Wildman–Crippen LogP) is 4.31. The van der Waals surface area contributed by atoms with Crippen molar-refractivity contribution < 1.29 is 0 Å². The van der Waals surface area contributed by atoms with Crippen molar-refractivity contribution in [2.24, 2.45) is 0 Å². The number of anilines is 1. The molecule has 2 N–H and O–H groups in total. The smallest absolute Gasteiger partial charge is 0.115 e. The standard InChI is InChI=1S/C17H18N2/c1-12(2)13-6-8-14(9-7-13)16-11-15-5-3-4-10-19(15)17(16)18/h3-12H,18H2,1-2H3. The molecule has 0 bridgehead atoms. The highest BCUT2D eigenvalue weighted by molar-refractivity contribution is 5.81. The lowest BCUT2D eigenvalue weighted by atomic mass is 9.99. The molecule has 2 heterocycles. The second-order valence-electron chi connectivity index (χ2n) is 5.22. The molecule has 0 amide bonds. The van der Waals surface area contributed by atoms with E-state index in [0.717, 1.165) is 16.9 Å². The van der Waals surface area contributed by atoms with Crippen molar-refractivity contribution in [3.63, 3.8) is 0 Å². The van der Waals surface area contributed by atoms with Gasteiger partial charge in [-0.1, -0.05) is 44.2 Å². The van der Waals surface area contributed by atoms with Crippen molar-refractivity contribution in [3.05, 3.63) is 60.3 Å². The molecule has 3 aromatic rings. The summed E-state index contributed by atoms with van der Waals surface area (Å²) in [5.41, 5.74) is 11.0. The van der Waals surface area contributed by atoms with E-state index in [1.165, 1.54) is 11.1 Å². The molecule has 0 atom stereocenters. The van der Waals surface area contributed by atoms with Crippen LogP contribution in [0.4, 0.5) is 5.82 Å². The Balaban J connectivity index is 2.11. The van der Waals surface area contributed by atoms with Crippen LogP contribution >= 0.6 is 0 Å². The van der Waals surface area contributed by atoms with Gasteiger partial charge >= 0.3 is 0 Å². The van der Waals surface area contributed by atoms with Gasteiger partial charge in [0, 0.05) is 17.3 Å². The fourth-order valence-electron chi connectivity index (χ4n) is 2.42. The number of pyridine rings is 1. The second-order valence-corrected chi connectivity index (χ2v) is 5.22. The topological polar surface area (TPSA) is 30.4 Å². The number of hydrogen-bond acceptors (Lipinski definition) is 1. The summed E-state index contributed by atoms with van der Waals surface area (Å²) in [6, 6.07) is 16.9. The van der Waals surface area contributed by atoms with Crippen LogP contribution in [0.2, 0.25) is 0 Å². The van der Waals surface area contributed by atoms with Gasteiger partial charge in [-0.2, -0.15) is 0 Å². The van der Waals surface area contributed by atoms with Crippen LogP contribution in [0.15, 0.2) is 54.7 Å². The molecule has 0 radical (unpaired) electrons. The van der Waals surface area contributed by atoms with E-state index in [4.69, 9.17) is 5.73 Å². The molecule has 0 aliphatic heterocycles. The number of nitrogens with two attached hydrogens (primary N) is 1. The Labute approximate surface area is 113 Å². The molecule has 2 heteroatoms. The molecule has 0 aliphatic rings. The molecular formula is C17H18N2. The van der Waals surface area contributed by atoms with E-state index >= 15 is 0 Å². The second kappa shape index (κ2) is 4.47. The number of fused-ring (bicyclic) bond motifs is 1. The molecule has 0 saturated heterocycles. The number of benzene rings is 1. The molecule has 0 fully saturated rings. The van der Waals surface area contributed by atoms with Gasteiger partial charge in [-0.3, -0.25) is 0 Å². The van der Waals surface area contributed by atoms with Crippen molar-refractivity contribution in [2.75, 3.05) is 5.73 Å². The van der Waals surface area contributed by atoms with E-state index in [1.54, 1.807) is 0 Å². The minimum absolute atomic E-state index is 0.555. The number of hydrogen-bond donors (Lipinski definition) is 1. The van der Waals surface area contributed by atoms with E-state index in [0.29, 0.717) is 5.92 Å². The number of aromatic nitrogens is 1. The van der Waals surface area contributed by atoms with Crippen molar-refractivity contribution in [1.29, 1.82) is 0 Å². The zero-order valence-corrected chi connectivity index (χ0v) is 11.3. The zero-order valence-electron chi connectivity index (χ0n) is 11.3. The number of rotatable bonds is 2. The Bertz CT molecular complexity index is 706. The average molecular weight is 250 g/mol. The average Bonchev–Trinajstić information content (AvgIpc) is 2.77. The Morgan fingerprint density at radius 1 is 1.00 bits per heavy atom. The molecule has 2 nitrogen and oxygen atoms in total. The van der Waals surface area contributed by atoms with Gasteiger partial charge < -0.3 is 10.1 Å². The third-order valence-electron chi connectivity index (χ3n) is 3.61. The molecule has 0 saturated carbocycles. The Morgan fingerprint density at radius 2 is 1.74 bits per heavy atom. The normalized spacial score (nSPS) is 11.3. The summed E-state index contributed by atoms with van der Waals surface area (Å²) < 4.78 is 2.02. The van der Waals surface area contributed by atoms with Crippen molar-refractivity contribution in [3.8, 4) is 11.1 Å². The van der Waals surface area contributed by atoms with E-state index < -0.39 is 0 Å². The monoisotopic (exact) mass is 250 g/mol. The molecular weight excluding hydrogens is 232 g/mol. The van der Waals surface area contributed by atoms with Gasteiger partial charge in [0.15, 0.2) is 0 Å². The summed E-state index contributed by atoms with van der Waals surface area (Å²) in [7, 11) is 0.